The Bertz CT molecular complexity index is 1040. The van der Waals surface area contributed by atoms with Gasteiger partial charge in [0.25, 0.3) is 5.91 Å². The number of halogens is 2. The van der Waals surface area contributed by atoms with Gasteiger partial charge in [0, 0.05) is 42.1 Å². The van der Waals surface area contributed by atoms with Crippen LogP contribution in [0.4, 0.5) is 4.39 Å². The zero-order chi connectivity index (χ0) is 22.7. The van der Waals surface area contributed by atoms with E-state index in [1.165, 1.54) is 16.0 Å². The van der Waals surface area contributed by atoms with Crippen molar-refractivity contribution >= 4 is 29.1 Å². The summed E-state index contributed by atoms with van der Waals surface area (Å²) in [6.45, 7) is 0.510. The van der Waals surface area contributed by atoms with Crippen LogP contribution in [0.3, 0.4) is 0 Å². The quantitative estimate of drug-likeness (QED) is 0.601. The van der Waals surface area contributed by atoms with Gasteiger partial charge in [-0.25, -0.2) is 9.40 Å². The molecular formula is C24H25ClFN3O3. The maximum atomic E-state index is 14.7. The highest BCUT2D eigenvalue weighted by Crippen LogP contribution is 2.36. The smallest absolute Gasteiger partial charge is 0.262 e. The van der Waals surface area contributed by atoms with Gasteiger partial charge in [-0.1, -0.05) is 48.0 Å². The molecule has 0 N–H and O–H groups in total. The monoisotopic (exact) mass is 457 g/mol. The standard InChI is InChI=1S/C24H25ClFN3O3/c1-32-13-12-28(24(31)16-10-11-16)15-23(30)29-22(18-7-3-5-9-20(18)26)14-21(27-29)17-6-2-4-8-19(17)25/h2-9,16,22H,10-15H2,1H3/t22-/m1/s1. The maximum absolute atomic E-state index is 14.7. The second-order valence-corrected chi connectivity index (χ2v) is 8.44. The van der Waals surface area contributed by atoms with Gasteiger partial charge in [0.05, 0.1) is 18.4 Å². The van der Waals surface area contributed by atoms with E-state index in [9.17, 15) is 14.0 Å². The summed E-state index contributed by atoms with van der Waals surface area (Å²) in [5.41, 5.74) is 1.69. The largest absolute Gasteiger partial charge is 0.383 e. The molecule has 2 aliphatic rings. The predicted octanol–water partition coefficient (Wildman–Crippen LogP) is 4.04. The van der Waals surface area contributed by atoms with Crippen LogP contribution in [0.2, 0.25) is 5.02 Å². The van der Waals surface area contributed by atoms with Crippen LogP contribution in [-0.2, 0) is 14.3 Å². The van der Waals surface area contributed by atoms with Gasteiger partial charge in [0.15, 0.2) is 0 Å². The summed E-state index contributed by atoms with van der Waals surface area (Å²) in [7, 11) is 1.55. The number of benzene rings is 2. The lowest BCUT2D eigenvalue weighted by atomic mass is 9.98. The predicted molar refractivity (Wildman–Crippen MR) is 120 cm³/mol. The van der Waals surface area contributed by atoms with Gasteiger partial charge in [0.1, 0.15) is 12.4 Å². The van der Waals surface area contributed by atoms with E-state index in [2.05, 4.69) is 5.10 Å². The summed E-state index contributed by atoms with van der Waals surface area (Å²) in [5, 5.41) is 6.37. The Balaban J connectivity index is 1.63. The van der Waals surface area contributed by atoms with E-state index >= 15 is 0 Å². The average Bonchev–Trinajstić information content (AvgIpc) is 3.55. The summed E-state index contributed by atoms with van der Waals surface area (Å²) >= 11 is 6.36. The van der Waals surface area contributed by atoms with E-state index in [1.54, 1.807) is 31.4 Å². The average molecular weight is 458 g/mol. The summed E-state index contributed by atoms with van der Waals surface area (Å²) < 4.78 is 19.8. The molecule has 1 aliphatic carbocycles. The number of carbonyl (C=O) groups is 2. The van der Waals surface area contributed by atoms with Crippen molar-refractivity contribution in [2.45, 2.75) is 25.3 Å². The first kappa shape index (κ1) is 22.4. The Labute approximate surface area is 191 Å². The van der Waals surface area contributed by atoms with Crippen LogP contribution in [-0.4, -0.2) is 54.2 Å². The molecule has 0 radical (unpaired) electrons. The van der Waals surface area contributed by atoms with E-state index in [-0.39, 0.29) is 24.3 Å². The third-order valence-corrected chi connectivity index (χ3v) is 6.07. The van der Waals surface area contributed by atoms with Crippen molar-refractivity contribution in [3.8, 4) is 0 Å². The Morgan fingerprint density at radius 1 is 1.19 bits per heavy atom. The molecule has 168 valence electrons. The number of rotatable bonds is 8. The Kier molecular flexibility index (Phi) is 6.86. The molecule has 1 aliphatic heterocycles. The molecule has 1 fully saturated rings. The van der Waals surface area contributed by atoms with Gasteiger partial charge in [-0.15, -0.1) is 0 Å². The van der Waals surface area contributed by atoms with Gasteiger partial charge in [0.2, 0.25) is 5.91 Å². The van der Waals surface area contributed by atoms with E-state index in [4.69, 9.17) is 16.3 Å². The third-order valence-electron chi connectivity index (χ3n) is 5.74. The molecule has 1 atom stereocenters. The first-order chi connectivity index (χ1) is 15.5. The van der Waals surface area contributed by atoms with Crippen molar-refractivity contribution in [1.29, 1.82) is 0 Å². The zero-order valence-corrected chi connectivity index (χ0v) is 18.6. The molecule has 0 bridgehead atoms. The third kappa shape index (κ3) is 4.84. The summed E-state index contributed by atoms with van der Waals surface area (Å²) in [6.07, 6.45) is 2.00. The van der Waals surface area contributed by atoms with Crippen LogP contribution >= 0.6 is 11.6 Å². The number of ether oxygens (including phenoxy) is 1. The molecule has 4 rings (SSSR count). The minimum atomic E-state index is -0.615. The van der Waals surface area contributed by atoms with E-state index in [0.717, 1.165) is 12.8 Å². The fourth-order valence-corrected chi connectivity index (χ4v) is 4.12. The van der Waals surface area contributed by atoms with Gasteiger partial charge in [-0.05, 0) is 25.0 Å². The molecule has 2 aromatic rings. The second-order valence-electron chi connectivity index (χ2n) is 8.03. The van der Waals surface area contributed by atoms with Crippen molar-refractivity contribution in [2.75, 3.05) is 26.8 Å². The topological polar surface area (TPSA) is 62.2 Å². The normalized spacial score (nSPS) is 17.9. The number of hydrazone groups is 1. The second kappa shape index (κ2) is 9.79. The number of carbonyl (C=O) groups excluding carboxylic acids is 2. The SMILES string of the molecule is COCCN(CC(=O)N1N=C(c2ccccc2Cl)C[C@@H]1c1ccccc1F)C(=O)C1CC1. The van der Waals surface area contributed by atoms with E-state index < -0.39 is 11.9 Å². The lowest BCUT2D eigenvalue weighted by molar-refractivity contribution is -0.142. The molecule has 2 aromatic carbocycles. The minimum Gasteiger partial charge on any atom is -0.383 e. The van der Waals surface area contributed by atoms with Crippen LogP contribution < -0.4 is 0 Å². The lowest BCUT2D eigenvalue weighted by Gasteiger charge is -2.27. The molecule has 6 nitrogen and oxygen atoms in total. The van der Waals surface area contributed by atoms with Crippen molar-refractivity contribution in [2.24, 2.45) is 11.0 Å². The van der Waals surface area contributed by atoms with Crippen molar-refractivity contribution < 1.29 is 18.7 Å². The molecule has 8 heteroatoms. The highest BCUT2D eigenvalue weighted by molar-refractivity contribution is 6.34. The molecule has 2 amide bonds. The maximum Gasteiger partial charge on any atom is 0.262 e. The first-order valence-electron chi connectivity index (χ1n) is 10.7. The number of amides is 2. The number of hydrogen-bond donors (Lipinski definition) is 0. The molecule has 1 heterocycles. The van der Waals surface area contributed by atoms with Gasteiger partial charge in [-0.3, -0.25) is 9.59 Å². The Morgan fingerprint density at radius 2 is 1.91 bits per heavy atom. The summed E-state index contributed by atoms with van der Waals surface area (Å²) in [6, 6.07) is 13.0. The Hall–Kier alpha value is -2.77. The van der Waals surface area contributed by atoms with Gasteiger partial charge >= 0.3 is 0 Å². The van der Waals surface area contributed by atoms with E-state index in [0.29, 0.717) is 41.4 Å². The number of methoxy groups -OCH3 is 1. The van der Waals surface area contributed by atoms with Crippen molar-refractivity contribution in [3.63, 3.8) is 0 Å². The lowest BCUT2D eigenvalue weighted by Crippen LogP contribution is -2.43. The van der Waals surface area contributed by atoms with Gasteiger partial charge < -0.3 is 9.64 Å². The van der Waals surface area contributed by atoms with Crippen molar-refractivity contribution in [1.82, 2.24) is 9.91 Å². The Morgan fingerprint density at radius 3 is 2.59 bits per heavy atom. The molecule has 0 aromatic heterocycles. The summed E-state index contributed by atoms with van der Waals surface area (Å²) in [5.74, 6) is -0.850. The van der Waals surface area contributed by atoms with Crippen LogP contribution in [0.15, 0.2) is 53.6 Å². The zero-order valence-electron chi connectivity index (χ0n) is 17.8. The minimum absolute atomic E-state index is 0.0252. The molecule has 0 spiro atoms. The molecule has 0 unspecified atom stereocenters. The fraction of sp³-hybridized carbons (Fsp3) is 0.375. The van der Waals surface area contributed by atoms with Crippen LogP contribution in [0.1, 0.15) is 36.4 Å². The number of nitrogens with zero attached hydrogens (tertiary/aromatic N) is 3. The first-order valence-corrected chi connectivity index (χ1v) is 11.0. The molecule has 1 saturated carbocycles. The van der Waals surface area contributed by atoms with Crippen LogP contribution in [0.5, 0.6) is 0 Å². The molecular weight excluding hydrogens is 433 g/mol. The van der Waals surface area contributed by atoms with Crippen molar-refractivity contribution in [3.05, 3.63) is 70.5 Å². The van der Waals surface area contributed by atoms with Gasteiger partial charge in [-0.2, -0.15) is 5.10 Å². The van der Waals surface area contributed by atoms with E-state index in [1.807, 2.05) is 18.2 Å². The highest BCUT2D eigenvalue weighted by Gasteiger charge is 2.38. The molecule has 0 saturated heterocycles. The fourth-order valence-electron chi connectivity index (χ4n) is 3.88. The van der Waals surface area contributed by atoms with Crippen LogP contribution in [0, 0.1) is 11.7 Å². The summed E-state index contributed by atoms with van der Waals surface area (Å²) in [4.78, 5) is 27.6. The molecule has 32 heavy (non-hydrogen) atoms. The highest BCUT2D eigenvalue weighted by atomic mass is 35.5. The van der Waals surface area contributed by atoms with Crippen LogP contribution in [0.25, 0.3) is 0 Å². The number of hydrogen-bond acceptors (Lipinski definition) is 4.